The van der Waals surface area contributed by atoms with Crippen molar-refractivity contribution >= 4 is 23.3 Å². The molecule has 0 saturated carbocycles. The molecule has 158 valence electrons. The second-order valence-electron chi connectivity index (χ2n) is 7.54. The van der Waals surface area contributed by atoms with Gasteiger partial charge in [0.15, 0.2) is 0 Å². The molecule has 3 aromatic rings. The van der Waals surface area contributed by atoms with Crippen LogP contribution >= 0.6 is 0 Å². The zero-order valence-corrected chi connectivity index (χ0v) is 17.2. The Balaban J connectivity index is 1.54. The van der Waals surface area contributed by atoms with Gasteiger partial charge in [-0.1, -0.05) is 0 Å². The normalized spacial score (nSPS) is 14.8. The molecule has 1 saturated heterocycles. The summed E-state index contributed by atoms with van der Waals surface area (Å²) in [5.41, 5.74) is 3.64. The number of hydrogen-bond donors (Lipinski definition) is 2. The lowest BCUT2D eigenvalue weighted by Gasteiger charge is -2.26. The van der Waals surface area contributed by atoms with Gasteiger partial charge in [0, 0.05) is 30.9 Å². The summed E-state index contributed by atoms with van der Waals surface area (Å²) >= 11 is 0. The zero-order chi connectivity index (χ0) is 20.9. The van der Waals surface area contributed by atoms with Gasteiger partial charge in [-0.25, -0.2) is 4.98 Å². The fourth-order valence-corrected chi connectivity index (χ4v) is 3.71. The van der Waals surface area contributed by atoms with Crippen molar-refractivity contribution in [3.63, 3.8) is 0 Å². The Kier molecular flexibility index (Phi) is 6.25. The Morgan fingerprint density at radius 2 is 2.03 bits per heavy atom. The van der Waals surface area contributed by atoms with E-state index in [-0.39, 0.29) is 5.75 Å². The van der Waals surface area contributed by atoms with Gasteiger partial charge in [-0.2, -0.15) is 0 Å². The maximum Gasteiger partial charge on any atom is 0.204 e. The van der Waals surface area contributed by atoms with Crippen LogP contribution in [0.2, 0.25) is 0 Å². The van der Waals surface area contributed by atoms with Gasteiger partial charge in [-0.05, 0) is 50.2 Å². The van der Waals surface area contributed by atoms with Crippen LogP contribution in [0.15, 0.2) is 30.3 Å². The second-order valence-corrected chi connectivity index (χ2v) is 7.54. The number of pyridine rings is 1. The average Bonchev–Trinajstić information content (AvgIpc) is 3.11. The smallest absolute Gasteiger partial charge is 0.204 e. The van der Waals surface area contributed by atoms with Crippen molar-refractivity contribution in [1.82, 2.24) is 19.4 Å². The van der Waals surface area contributed by atoms with Crippen LogP contribution in [-0.4, -0.2) is 70.2 Å². The van der Waals surface area contributed by atoms with E-state index in [1.807, 2.05) is 17.6 Å². The van der Waals surface area contributed by atoms with Crippen molar-refractivity contribution in [2.24, 2.45) is 0 Å². The van der Waals surface area contributed by atoms with Crippen LogP contribution in [0.5, 0.6) is 5.75 Å². The molecular weight excluding hydrogens is 382 g/mol. The van der Waals surface area contributed by atoms with Gasteiger partial charge in [0.05, 0.1) is 30.8 Å². The SMILES string of the molecule is Cc1ccc(O)c(Cn2c(NCCCN3CCOCC3)nc3cc(C=O)ccc32)n1. The molecule has 30 heavy (non-hydrogen) atoms. The number of rotatable bonds is 8. The summed E-state index contributed by atoms with van der Waals surface area (Å²) < 4.78 is 7.40. The largest absolute Gasteiger partial charge is 0.506 e. The molecule has 8 heteroatoms. The van der Waals surface area contributed by atoms with Gasteiger partial charge >= 0.3 is 0 Å². The number of ether oxygens (including phenoxy) is 1. The fourth-order valence-electron chi connectivity index (χ4n) is 3.71. The molecule has 1 aliphatic heterocycles. The summed E-state index contributed by atoms with van der Waals surface area (Å²) in [6.07, 6.45) is 1.80. The number of anilines is 1. The third-order valence-corrected chi connectivity index (χ3v) is 5.34. The lowest BCUT2D eigenvalue weighted by atomic mass is 10.2. The molecule has 1 aliphatic rings. The molecule has 1 aromatic carbocycles. The summed E-state index contributed by atoms with van der Waals surface area (Å²) in [6, 6.07) is 8.89. The Hall–Kier alpha value is -2.97. The topological polar surface area (TPSA) is 92.5 Å². The molecule has 0 spiro atoms. The highest BCUT2D eigenvalue weighted by Crippen LogP contribution is 2.24. The maximum atomic E-state index is 11.2. The highest BCUT2D eigenvalue weighted by molar-refractivity contribution is 5.86. The number of carbonyl (C=O) groups is 1. The van der Waals surface area contributed by atoms with Crippen LogP contribution in [0, 0.1) is 6.92 Å². The Bertz CT molecular complexity index is 1030. The molecule has 0 atom stereocenters. The maximum absolute atomic E-state index is 11.2. The number of aldehydes is 1. The predicted octanol–water partition coefficient (Wildman–Crippen LogP) is 2.44. The molecule has 8 nitrogen and oxygen atoms in total. The van der Waals surface area contributed by atoms with Crippen LogP contribution in [0.4, 0.5) is 5.95 Å². The number of hydrogen-bond acceptors (Lipinski definition) is 7. The number of nitrogens with one attached hydrogen (secondary N) is 1. The third-order valence-electron chi connectivity index (χ3n) is 5.34. The van der Waals surface area contributed by atoms with E-state index in [4.69, 9.17) is 9.72 Å². The van der Waals surface area contributed by atoms with E-state index >= 15 is 0 Å². The summed E-state index contributed by atoms with van der Waals surface area (Å²) in [6.45, 7) is 7.62. The number of fused-ring (bicyclic) bond motifs is 1. The van der Waals surface area contributed by atoms with Crippen molar-refractivity contribution in [3.05, 3.63) is 47.3 Å². The van der Waals surface area contributed by atoms with Crippen LogP contribution in [-0.2, 0) is 11.3 Å². The van der Waals surface area contributed by atoms with E-state index in [2.05, 4.69) is 15.2 Å². The van der Waals surface area contributed by atoms with E-state index in [0.717, 1.165) is 68.8 Å². The number of nitrogens with zero attached hydrogens (tertiary/aromatic N) is 4. The minimum Gasteiger partial charge on any atom is -0.506 e. The van der Waals surface area contributed by atoms with Gasteiger partial charge in [0.25, 0.3) is 0 Å². The highest BCUT2D eigenvalue weighted by atomic mass is 16.5. The highest BCUT2D eigenvalue weighted by Gasteiger charge is 2.15. The van der Waals surface area contributed by atoms with Crippen LogP contribution in [0.3, 0.4) is 0 Å². The lowest BCUT2D eigenvalue weighted by Crippen LogP contribution is -2.37. The molecule has 0 aliphatic carbocycles. The second kappa shape index (κ2) is 9.23. The van der Waals surface area contributed by atoms with Crippen molar-refractivity contribution in [2.75, 3.05) is 44.7 Å². The van der Waals surface area contributed by atoms with Gasteiger partial charge < -0.3 is 19.7 Å². The Labute approximate surface area is 175 Å². The predicted molar refractivity (Wildman–Crippen MR) is 115 cm³/mol. The first kappa shape index (κ1) is 20.3. The number of benzene rings is 1. The monoisotopic (exact) mass is 409 g/mol. The molecule has 2 aromatic heterocycles. The van der Waals surface area contributed by atoms with Gasteiger partial charge in [-0.3, -0.25) is 14.7 Å². The first-order valence-corrected chi connectivity index (χ1v) is 10.3. The third kappa shape index (κ3) is 4.60. The van der Waals surface area contributed by atoms with Gasteiger partial charge in [0.1, 0.15) is 17.7 Å². The van der Waals surface area contributed by atoms with Gasteiger partial charge in [0.2, 0.25) is 5.95 Å². The Morgan fingerprint density at radius 1 is 1.20 bits per heavy atom. The summed E-state index contributed by atoms with van der Waals surface area (Å²) in [7, 11) is 0. The molecular formula is C22H27N5O3. The van der Waals surface area contributed by atoms with Crippen molar-refractivity contribution in [1.29, 1.82) is 0 Å². The molecule has 0 unspecified atom stereocenters. The number of imidazole rings is 1. The summed E-state index contributed by atoms with van der Waals surface area (Å²) in [5, 5.41) is 13.7. The standard InChI is InChI=1S/C22H27N5O3/c1-16-3-6-21(29)19(24-16)14-27-20-5-4-17(15-28)13-18(20)25-22(27)23-7-2-8-26-9-11-30-12-10-26/h3-6,13,15,29H,2,7-12,14H2,1H3,(H,23,25). The molecule has 0 bridgehead atoms. The first-order chi connectivity index (χ1) is 14.6. The molecule has 3 heterocycles. The number of aromatic hydroxyl groups is 1. The van der Waals surface area contributed by atoms with E-state index in [1.165, 1.54) is 0 Å². The molecule has 2 N–H and O–H groups in total. The molecule has 0 radical (unpaired) electrons. The number of aromatic nitrogens is 3. The van der Waals surface area contributed by atoms with E-state index in [0.29, 0.717) is 23.8 Å². The first-order valence-electron chi connectivity index (χ1n) is 10.3. The Morgan fingerprint density at radius 3 is 2.83 bits per heavy atom. The number of morpholine rings is 1. The number of carbonyl (C=O) groups excluding carboxylic acids is 1. The molecule has 4 rings (SSSR count). The van der Waals surface area contributed by atoms with Gasteiger partial charge in [-0.15, -0.1) is 0 Å². The minimum atomic E-state index is 0.158. The van der Waals surface area contributed by atoms with Crippen LogP contribution < -0.4 is 5.32 Å². The quantitative estimate of drug-likeness (QED) is 0.436. The van der Waals surface area contributed by atoms with Crippen molar-refractivity contribution in [2.45, 2.75) is 19.9 Å². The summed E-state index contributed by atoms with van der Waals surface area (Å²) in [5.74, 6) is 0.864. The minimum absolute atomic E-state index is 0.158. The van der Waals surface area contributed by atoms with Crippen molar-refractivity contribution in [3.8, 4) is 5.75 Å². The fraction of sp³-hybridized carbons (Fsp3) is 0.409. The summed E-state index contributed by atoms with van der Waals surface area (Å²) in [4.78, 5) is 22.8. The van der Waals surface area contributed by atoms with Crippen LogP contribution in [0.1, 0.15) is 28.2 Å². The van der Waals surface area contributed by atoms with E-state index in [1.54, 1.807) is 24.3 Å². The zero-order valence-electron chi connectivity index (χ0n) is 17.2. The molecule has 0 amide bonds. The van der Waals surface area contributed by atoms with Crippen LogP contribution in [0.25, 0.3) is 11.0 Å². The number of aryl methyl sites for hydroxylation is 1. The van der Waals surface area contributed by atoms with Crippen molar-refractivity contribution < 1.29 is 14.6 Å². The van der Waals surface area contributed by atoms with E-state index < -0.39 is 0 Å². The molecule has 1 fully saturated rings. The van der Waals surface area contributed by atoms with E-state index in [9.17, 15) is 9.90 Å². The lowest BCUT2D eigenvalue weighted by molar-refractivity contribution is 0.0378. The average molecular weight is 409 g/mol.